The Morgan fingerprint density at radius 3 is 2.64 bits per heavy atom. The summed E-state index contributed by atoms with van der Waals surface area (Å²) < 4.78 is 28.6. The van der Waals surface area contributed by atoms with Gasteiger partial charge in [-0.1, -0.05) is 0 Å². The Morgan fingerprint density at radius 2 is 2.08 bits per heavy atom. The second kappa shape index (κ2) is 7.25. The van der Waals surface area contributed by atoms with Crippen LogP contribution in [0.5, 0.6) is 0 Å². The average Bonchev–Trinajstić information content (AvgIpc) is 3.39. The number of nitrogens with zero attached hydrogens (tertiary/aromatic N) is 4. The molecule has 1 heterocycles. The van der Waals surface area contributed by atoms with Crippen molar-refractivity contribution in [2.24, 2.45) is 7.05 Å². The Balaban J connectivity index is 1.71. The number of hydrogen-bond acceptors (Lipinski definition) is 5. The third-order valence-corrected chi connectivity index (χ3v) is 6.23. The second-order valence-corrected chi connectivity index (χ2v) is 8.26. The Bertz CT molecular complexity index is 863. The Kier molecular flexibility index (Phi) is 5.06. The number of nitrogens with one attached hydrogen (secondary N) is 1. The van der Waals surface area contributed by atoms with Gasteiger partial charge in [-0.3, -0.25) is 0 Å². The van der Waals surface area contributed by atoms with Crippen LogP contribution in [0.1, 0.15) is 24.1 Å². The summed E-state index contributed by atoms with van der Waals surface area (Å²) in [6, 6.07) is 9.39. The number of aryl methyl sites for hydroxylation is 1. The molecule has 3 rings (SSSR count). The number of anilines is 1. The van der Waals surface area contributed by atoms with Crippen LogP contribution < -0.4 is 9.62 Å². The van der Waals surface area contributed by atoms with Crippen molar-refractivity contribution in [3.05, 3.63) is 48.0 Å². The molecule has 0 atom stereocenters. The van der Waals surface area contributed by atoms with E-state index < -0.39 is 10.0 Å². The van der Waals surface area contributed by atoms with Gasteiger partial charge in [0.25, 0.3) is 0 Å². The lowest BCUT2D eigenvalue weighted by atomic mass is 10.2. The molecular formula is C17H21N5O2S. The van der Waals surface area contributed by atoms with E-state index in [4.69, 9.17) is 5.26 Å². The van der Waals surface area contributed by atoms with Crippen molar-refractivity contribution in [1.82, 2.24) is 14.3 Å². The highest BCUT2D eigenvalue weighted by Gasteiger charge is 2.35. The van der Waals surface area contributed by atoms with Crippen LogP contribution in [0.3, 0.4) is 0 Å². The van der Waals surface area contributed by atoms with Crippen LogP contribution in [-0.4, -0.2) is 36.3 Å². The monoisotopic (exact) mass is 359 g/mol. The van der Waals surface area contributed by atoms with Crippen LogP contribution in [0.4, 0.5) is 5.69 Å². The van der Waals surface area contributed by atoms with Crippen molar-refractivity contribution >= 4 is 15.7 Å². The summed E-state index contributed by atoms with van der Waals surface area (Å²) in [4.78, 5) is 6.21. The summed E-state index contributed by atoms with van der Waals surface area (Å²) in [6.45, 7) is 1.48. The molecule has 2 aromatic rings. The van der Waals surface area contributed by atoms with Crippen LogP contribution in [0.15, 0.2) is 36.8 Å². The number of aromatic nitrogens is 2. The molecule has 0 spiro atoms. The minimum absolute atomic E-state index is 0.215. The van der Waals surface area contributed by atoms with Gasteiger partial charge >= 0.3 is 0 Å². The average molecular weight is 359 g/mol. The summed E-state index contributed by atoms with van der Waals surface area (Å²) in [7, 11) is -1.26. The van der Waals surface area contributed by atoms with Gasteiger partial charge in [0.1, 0.15) is 0 Å². The topological polar surface area (TPSA) is 91.0 Å². The molecule has 1 saturated carbocycles. The van der Waals surface area contributed by atoms with Crippen molar-refractivity contribution in [2.45, 2.75) is 24.6 Å². The molecule has 0 saturated heterocycles. The van der Waals surface area contributed by atoms with E-state index in [2.05, 4.69) is 20.7 Å². The normalized spacial score (nSPS) is 14.2. The summed E-state index contributed by atoms with van der Waals surface area (Å²) >= 11 is 0. The highest BCUT2D eigenvalue weighted by atomic mass is 32.2. The first-order valence-electron chi connectivity index (χ1n) is 8.18. The fourth-order valence-corrected chi connectivity index (χ4v) is 3.97. The maximum absolute atomic E-state index is 12.0. The number of imidazole rings is 1. The van der Waals surface area contributed by atoms with Crippen LogP contribution >= 0.6 is 0 Å². The number of rotatable bonds is 8. The van der Waals surface area contributed by atoms with E-state index >= 15 is 0 Å². The molecule has 1 aromatic carbocycles. The Morgan fingerprint density at radius 1 is 1.36 bits per heavy atom. The molecule has 1 N–H and O–H groups in total. The standard InChI is InChI=1S/C17H21N5O2S/c1-21-13-19-11-16(21)12-22(15-4-2-14(10-18)3-5-15)9-8-20-25(23,24)17-6-7-17/h2-5,11,13,17,20H,6-9,12H2,1H3. The Labute approximate surface area is 148 Å². The molecular weight excluding hydrogens is 338 g/mol. The molecule has 1 aliphatic rings. The molecule has 0 radical (unpaired) electrons. The third-order valence-electron chi connectivity index (χ3n) is 4.28. The highest BCUT2D eigenvalue weighted by molar-refractivity contribution is 7.90. The predicted molar refractivity (Wildman–Crippen MR) is 95.4 cm³/mol. The minimum Gasteiger partial charge on any atom is -0.364 e. The van der Waals surface area contributed by atoms with E-state index in [1.54, 1.807) is 24.7 Å². The lowest BCUT2D eigenvalue weighted by Gasteiger charge is -2.25. The SMILES string of the molecule is Cn1cncc1CN(CCNS(=O)(=O)C1CC1)c1ccc(C#N)cc1. The summed E-state index contributed by atoms with van der Waals surface area (Å²) in [5.41, 5.74) is 2.55. The second-order valence-electron chi connectivity index (χ2n) is 6.21. The van der Waals surface area contributed by atoms with Gasteiger partial charge in [0.2, 0.25) is 10.0 Å². The maximum Gasteiger partial charge on any atom is 0.214 e. The lowest BCUT2D eigenvalue weighted by Crippen LogP contribution is -2.36. The molecule has 0 bridgehead atoms. The van der Waals surface area contributed by atoms with Crippen LogP contribution in [0.25, 0.3) is 0 Å². The zero-order valence-corrected chi connectivity index (χ0v) is 14.9. The molecule has 1 aliphatic carbocycles. The quantitative estimate of drug-likeness (QED) is 0.769. The van der Waals surface area contributed by atoms with Gasteiger partial charge in [-0.2, -0.15) is 5.26 Å². The molecule has 0 unspecified atom stereocenters. The van der Waals surface area contributed by atoms with E-state index in [0.717, 1.165) is 24.2 Å². The third kappa shape index (κ3) is 4.38. The molecule has 25 heavy (non-hydrogen) atoms. The predicted octanol–water partition coefficient (Wildman–Crippen LogP) is 1.38. The fraction of sp³-hybridized carbons (Fsp3) is 0.412. The van der Waals surface area contributed by atoms with Crippen LogP contribution in [-0.2, 0) is 23.6 Å². The van der Waals surface area contributed by atoms with Crippen LogP contribution in [0, 0.1) is 11.3 Å². The van der Waals surface area contributed by atoms with Gasteiger partial charge in [-0.05, 0) is 37.1 Å². The summed E-state index contributed by atoms with van der Waals surface area (Å²) in [5.74, 6) is 0. The van der Waals surface area contributed by atoms with Gasteiger partial charge in [-0.15, -0.1) is 0 Å². The summed E-state index contributed by atoms with van der Waals surface area (Å²) in [6.07, 6.45) is 5.04. The first-order chi connectivity index (χ1) is 12.0. The van der Waals surface area contributed by atoms with Crippen molar-refractivity contribution in [3.8, 4) is 6.07 Å². The molecule has 0 amide bonds. The summed E-state index contributed by atoms with van der Waals surface area (Å²) in [5, 5.41) is 8.73. The zero-order valence-electron chi connectivity index (χ0n) is 14.1. The van der Waals surface area contributed by atoms with Gasteiger partial charge in [0, 0.05) is 32.0 Å². The zero-order chi connectivity index (χ0) is 17.9. The minimum atomic E-state index is -3.18. The van der Waals surface area contributed by atoms with E-state index in [0.29, 0.717) is 25.2 Å². The molecule has 1 fully saturated rings. The van der Waals surface area contributed by atoms with Crippen molar-refractivity contribution in [1.29, 1.82) is 5.26 Å². The molecule has 7 nitrogen and oxygen atoms in total. The number of hydrogen-bond donors (Lipinski definition) is 1. The van der Waals surface area contributed by atoms with Crippen molar-refractivity contribution in [3.63, 3.8) is 0 Å². The first kappa shape index (κ1) is 17.5. The fourth-order valence-electron chi connectivity index (χ4n) is 2.60. The van der Waals surface area contributed by atoms with Gasteiger partial charge < -0.3 is 9.47 Å². The van der Waals surface area contributed by atoms with Gasteiger partial charge in [0.05, 0.1) is 35.4 Å². The highest BCUT2D eigenvalue weighted by Crippen LogP contribution is 2.27. The van der Waals surface area contributed by atoms with Gasteiger partial charge in [0.15, 0.2) is 0 Å². The van der Waals surface area contributed by atoms with E-state index in [-0.39, 0.29) is 5.25 Å². The largest absolute Gasteiger partial charge is 0.364 e. The molecule has 132 valence electrons. The number of nitriles is 1. The van der Waals surface area contributed by atoms with Crippen molar-refractivity contribution in [2.75, 3.05) is 18.0 Å². The van der Waals surface area contributed by atoms with E-state index in [9.17, 15) is 8.42 Å². The Hall–Kier alpha value is -2.37. The number of benzene rings is 1. The molecule has 0 aliphatic heterocycles. The smallest absolute Gasteiger partial charge is 0.214 e. The van der Waals surface area contributed by atoms with E-state index in [1.807, 2.05) is 23.7 Å². The molecule has 8 heteroatoms. The lowest BCUT2D eigenvalue weighted by molar-refractivity contribution is 0.578. The first-order valence-corrected chi connectivity index (χ1v) is 9.73. The van der Waals surface area contributed by atoms with Crippen molar-refractivity contribution < 1.29 is 8.42 Å². The maximum atomic E-state index is 12.0. The van der Waals surface area contributed by atoms with Crippen LogP contribution in [0.2, 0.25) is 0 Å². The molecule has 1 aromatic heterocycles. The number of sulfonamides is 1. The van der Waals surface area contributed by atoms with E-state index in [1.165, 1.54) is 0 Å². The van der Waals surface area contributed by atoms with Gasteiger partial charge in [-0.25, -0.2) is 18.1 Å².